The molecule has 2 fully saturated rings. The minimum atomic E-state index is 0.208. The maximum atomic E-state index is 11.6. The summed E-state index contributed by atoms with van der Waals surface area (Å²) in [5.74, 6) is 1.86. The van der Waals surface area contributed by atoms with Gasteiger partial charge in [-0.25, -0.2) is 4.98 Å². The van der Waals surface area contributed by atoms with Crippen LogP contribution in [-0.4, -0.2) is 41.5 Å². The van der Waals surface area contributed by atoms with E-state index < -0.39 is 0 Å². The first kappa shape index (κ1) is 12.2. The Labute approximate surface area is 121 Å². The molecule has 96 valence electrons. The van der Waals surface area contributed by atoms with Crippen LogP contribution in [0.15, 0.2) is 18.3 Å². The smallest absolute Gasteiger partial charge is 0.219 e. The molecule has 2 saturated heterocycles. The highest BCUT2D eigenvalue weighted by atomic mass is 127. The molecule has 2 aliphatic rings. The van der Waals surface area contributed by atoms with E-state index >= 15 is 0 Å². The molecule has 0 bridgehead atoms. The number of anilines is 1. The number of hydrogen-bond acceptors (Lipinski definition) is 3. The van der Waals surface area contributed by atoms with Crippen molar-refractivity contribution < 1.29 is 4.79 Å². The Morgan fingerprint density at radius 3 is 2.94 bits per heavy atom. The lowest BCUT2D eigenvalue weighted by atomic mass is 10.1. The minimum absolute atomic E-state index is 0.208. The molecular weight excluding hydrogens is 341 g/mol. The van der Waals surface area contributed by atoms with Crippen LogP contribution in [0.1, 0.15) is 13.3 Å². The Morgan fingerprint density at radius 1 is 1.44 bits per heavy atom. The van der Waals surface area contributed by atoms with Crippen molar-refractivity contribution >= 4 is 34.3 Å². The van der Waals surface area contributed by atoms with Crippen molar-refractivity contribution in [2.75, 3.05) is 24.5 Å². The maximum Gasteiger partial charge on any atom is 0.219 e. The number of hydrogen-bond donors (Lipinski definition) is 0. The van der Waals surface area contributed by atoms with Crippen LogP contribution in [-0.2, 0) is 4.79 Å². The van der Waals surface area contributed by atoms with Crippen molar-refractivity contribution in [1.82, 2.24) is 9.88 Å². The Balaban J connectivity index is 1.76. The topological polar surface area (TPSA) is 36.4 Å². The molecule has 0 aromatic carbocycles. The molecule has 0 unspecified atom stereocenters. The summed E-state index contributed by atoms with van der Waals surface area (Å²) >= 11 is 2.26. The van der Waals surface area contributed by atoms with Gasteiger partial charge in [0.1, 0.15) is 5.82 Å². The average Bonchev–Trinajstić information content (AvgIpc) is 2.88. The largest absolute Gasteiger partial charge is 0.354 e. The molecule has 0 saturated carbocycles. The Kier molecular flexibility index (Phi) is 3.17. The van der Waals surface area contributed by atoms with Gasteiger partial charge in [-0.15, -0.1) is 0 Å². The average molecular weight is 357 g/mol. The zero-order chi connectivity index (χ0) is 12.7. The SMILES string of the molecule is CC(=O)N1CC[C@@H]2CN(c3ccc(I)cn3)C[C@@H]21. The second-order valence-electron chi connectivity index (χ2n) is 5.07. The Hall–Kier alpha value is -0.850. The van der Waals surface area contributed by atoms with Crippen LogP contribution in [0.5, 0.6) is 0 Å². The molecule has 5 heteroatoms. The van der Waals surface area contributed by atoms with Crippen LogP contribution in [0, 0.1) is 9.49 Å². The Morgan fingerprint density at radius 2 is 2.28 bits per heavy atom. The van der Waals surface area contributed by atoms with Crippen LogP contribution < -0.4 is 4.90 Å². The molecule has 0 N–H and O–H groups in total. The lowest BCUT2D eigenvalue weighted by Crippen LogP contribution is -2.38. The van der Waals surface area contributed by atoms with E-state index in [2.05, 4.69) is 44.6 Å². The van der Waals surface area contributed by atoms with E-state index in [1.165, 1.54) is 0 Å². The molecular formula is C13H16IN3O. The van der Waals surface area contributed by atoms with Crippen molar-refractivity contribution in [3.05, 3.63) is 21.9 Å². The predicted octanol–water partition coefficient (Wildman–Crippen LogP) is 1.74. The predicted molar refractivity (Wildman–Crippen MR) is 78.4 cm³/mol. The van der Waals surface area contributed by atoms with E-state index in [-0.39, 0.29) is 5.91 Å². The second-order valence-corrected chi connectivity index (χ2v) is 6.31. The molecule has 18 heavy (non-hydrogen) atoms. The third-order valence-electron chi connectivity index (χ3n) is 3.99. The van der Waals surface area contributed by atoms with Gasteiger partial charge in [0.25, 0.3) is 0 Å². The van der Waals surface area contributed by atoms with Gasteiger partial charge in [0.05, 0.1) is 6.04 Å². The van der Waals surface area contributed by atoms with Gasteiger partial charge in [-0.05, 0) is 41.1 Å². The van der Waals surface area contributed by atoms with Gasteiger partial charge in [-0.2, -0.15) is 0 Å². The van der Waals surface area contributed by atoms with Crippen LogP contribution in [0.25, 0.3) is 0 Å². The van der Waals surface area contributed by atoms with Crippen LogP contribution in [0.3, 0.4) is 0 Å². The van der Waals surface area contributed by atoms with Gasteiger partial charge >= 0.3 is 0 Å². The fraction of sp³-hybridized carbons (Fsp3) is 0.538. The van der Waals surface area contributed by atoms with Crippen molar-refractivity contribution in [3.63, 3.8) is 0 Å². The molecule has 1 amide bonds. The van der Waals surface area contributed by atoms with E-state index in [0.717, 1.165) is 35.4 Å². The number of rotatable bonds is 1. The normalized spacial score (nSPS) is 26.6. The summed E-state index contributed by atoms with van der Waals surface area (Å²) in [6.07, 6.45) is 3.03. The number of amides is 1. The number of fused-ring (bicyclic) bond motifs is 1. The molecule has 1 aromatic rings. The van der Waals surface area contributed by atoms with E-state index in [4.69, 9.17) is 0 Å². The summed E-state index contributed by atoms with van der Waals surface area (Å²) in [4.78, 5) is 20.4. The summed E-state index contributed by atoms with van der Waals surface area (Å²) in [6.45, 7) is 4.56. The number of pyridine rings is 1. The molecule has 3 rings (SSSR count). The zero-order valence-corrected chi connectivity index (χ0v) is 12.5. The standard InChI is InChI=1S/C13H16IN3O/c1-9(18)17-5-4-10-7-16(8-12(10)17)13-3-2-11(14)6-15-13/h2-3,6,10,12H,4-5,7-8H2,1H3/t10-,12+/m1/s1. The van der Waals surface area contributed by atoms with Crippen molar-refractivity contribution in [2.45, 2.75) is 19.4 Å². The van der Waals surface area contributed by atoms with E-state index in [1.54, 1.807) is 6.92 Å². The van der Waals surface area contributed by atoms with Gasteiger partial charge < -0.3 is 9.80 Å². The molecule has 2 aliphatic heterocycles. The van der Waals surface area contributed by atoms with Crippen LogP contribution in [0.2, 0.25) is 0 Å². The maximum absolute atomic E-state index is 11.6. The molecule has 0 spiro atoms. The monoisotopic (exact) mass is 357 g/mol. The number of likely N-dealkylation sites (tertiary alicyclic amines) is 1. The fourth-order valence-electron chi connectivity index (χ4n) is 3.09. The minimum Gasteiger partial charge on any atom is -0.354 e. The molecule has 2 atom stereocenters. The summed E-state index contributed by atoms with van der Waals surface area (Å²) in [5.41, 5.74) is 0. The quantitative estimate of drug-likeness (QED) is 0.719. The van der Waals surface area contributed by atoms with Crippen LogP contribution in [0.4, 0.5) is 5.82 Å². The first-order chi connectivity index (χ1) is 8.65. The summed E-state index contributed by atoms with van der Waals surface area (Å²) in [6, 6.07) is 4.55. The molecule has 3 heterocycles. The molecule has 1 aromatic heterocycles. The van der Waals surface area contributed by atoms with Crippen LogP contribution >= 0.6 is 22.6 Å². The third kappa shape index (κ3) is 2.08. The van der Waals surface area contributed by atoms with E-state index in [9.17, 15) is 4.79 Å². The highest BCUT2D eigenvalue weighted by molar-refractivity contribution is 14.1. The first-order valence-electron chi connectivity index (χ1n) is 6.29. The fourth-order valence-corrected chi connectivity index (χ4v) is 3.41. The van der Waals surface area contributed by atoms with Gasteiger partial charge in [-0.1, -0.05) is 0 Å². The van der Waals surface area contributed by atoms with Crippen molar-refractivity contribution in [3.8, 4) is 0 Å². The van der Waals surface area contributed by atoms with Gasteiger partial charge in [-0.3, -0.25) is 4.79 Å². The number of carbonyl (C=O) groups is 1. The lowest BCUT2D eigenvalue weighted by molar-refractivity contribution is -0.129. The highest BCUT2D eigenvalue weighted by Gasteiger charge is 2.42. The van der Waals surface area contributed by atoms with Gasteiger partial charge in [0, 0.05) is 42.2 Å². The summed E-state index contributed by atoms with van der Waals surface area (Å²) in [5, 5.41) is 0. The lowest BCUT2D eigenvalue weighted by Gasteiger charge is -2.24. The van der Waals surface area contributed by atoms with Crippen molar-refractivity contribution in [2.24, 2.45) is 5.92 Å². The number of carbonyl (C=O) groups excluding carboxylic acids is 1. The number of nitrogens with zero attached hydrogens (tertiary/aromatic N) is 3. The van der Waals surface area contributed by atoms with Gasteiger partial charge in [0.2, 0.25) is 5.91 Å². The number of halogens is 1. The highest BCUT2D eigenvalue weighted by Crippen LogP contribution is 2.33. The molecule has 0 aliphatic carbocycles. The third-order valence-corrected chi connectivity index (χ3v) is 4.63. The van der Waals surface area contributed by atoms with E-state index in [1.807, 2.05) is 11.1 Å². The summed E-state index contributed by atoms with van der Waals surface area (Å²) in [7, 11) is 0. The summed E-state index contributed by atoms with van der Waals surface area (Å²) < 4.78 is 1.15. The first-order valence-corrected chi connectivity index (χ1v) is 7.37. The Bertz CT molecular complexity index is 462. The van der Waals surface area contributed by atoms with Crippen molar-refractivity contribution in [1.29, 1.82) is 0 Å². The zero-order valence-electron chi connectivity index (χ0n) is 10.3. The van der Waals surface area contributed by atoms with E-state index in [0.29, 0.717) is 12.0 Å². The molecule has 0 radical (unpaired) electrons. The second kappa shape index (κ2) is 4.68. The number of aromatic nitrogens is 1. The molecule has 4 nitrogen and oxygen atoms in total. The van der Waals surface area contributed by atoms with Gasteiger partial charge in [0.15, 0.2) is 0 Å².